The van der Waals surface area contributed by atoms with Gasteiger partial charge in [0.25, 0.3) is 11.2 Å². The number of aromatic nitrogens is 5. The lowest BCUT2D eigenvalue weighted by Crippen LogP contribution is -2.49. The molecule has 0 unspecified atom stereocenters. The van der Waals surface area contributed by atoms with Gasteiger partial charge in [-0.3, -0.25) is 19.8 Å². The molecule has 2 aromatic carbocycles. The number of hydrogen-bond acceptors (Lipinski definition) is 9. The van der Waals surface area contributed by atoms with Crippen LogP contribution in [0.5, 0.6) is 0 Å². The molecule has 0 saturated carbocycles. The van der Waals surface area contributed by atoms with E-state index in [1.807, 2.05) is 19.9 Å². The SMILES string of the molecule is Cc1cc(C)c2[nH]c(=O)c([C@H](c3nnnn3C[C@@H]3CCCO3)N3CCN(c4ccc([N+](=O)[O-])cc4)CC3)cc2c1. The average molecular weight is 545 g/mol. The van der Waals surface area contributed by atoms with Crippen LogP contribution in [-0.2, 0) is 11.3 Å². The smallest absolute Gasteiger partial charge is 0.269 e. The highest BCUT2D eigenvalue weighted by Gasteiger charge is 2.33. The number of nitrogens with one attached hydrogen (secondary N) is 1. The summed E-state index contributed by atoms with van der Waals surface area (Å²) >= 11 is 0. The zero-order valence-electron chi connectivity index (χ0n) is 22.6. The maximum atomic E-state index is 13.6. The third-order valence-corrected chi connectivity index (χ3v) is 7.93. The lowest BCUT2D eigenvalue weighted by molar-refractivity contribution is -0.384. The number of aryl methyl sites for hydroxylation is 2. The van der Waals surface area contributed by atoms with Crippen molar-refractivity contribution in [1.82, 2.24) is 30.1 Å². The molecule has 1 N–H and O–H groups in total. The summed E-state index contributed by atoms with van der Waals surface area (Å²) in [5, 5.41) is 24.8. The molecule has 2 aliphatic rings. The molecule has 40 heavy (non-hydrogen) atoms. The third kappa shape index (κ3) is 5.07. The number of tetrazole rings is 1. The van der Waals surface area contributed by atoms with Crippen LogP contribution in [0.15, 0.2) is 47.3 Å². The van der Waals surface area contributed by atoms with Gasteiger partial charge in [-0.15, -0.1) is 5.10 Å². The van der Waals surface area contributed by atoms with E-state index in [2.05, 4.69) is 42.4 Å². The van der Waals surface area contributed by atoms with Crippen LogP contribution in [-0.4, -0.2) is 73.9 Å². The molecule has 2 aromatic heterocycles. The predicted octanol–water partition coefficient (Wildman–Crippen LogP) is 3.13. The molecular weight excluding hydrogens is 512 g/mol. The molecule has 2 saturated heterocycles. The van der Waals surface area contributed by atoms with E-state index in [0.29, 0.717) is 44.1 Å². The minimum absolute atomic E-state index is 0.0436. The highest BCUT2D eigenvalue weighted by molar-refractivity contribution is 5.83. The summed E-state index contributed by atoms with van der Waals surface area (Å²) in [6.45, 7) is 7.99. The van der Waals surface area contributed by atoms with Crippen molar-refractivity contribution >= 4 is 22.3 Å². The van der Waals surface area contributed by atoms with Gasteiger partial charge in [-0.05, 0) is 72.3 Å². The van der Waals surface area contributed by atoms with Crippen LogP contribution in [0.1, 0.15) is 41.4 Å². The molecule has 0 bridgehead atoms. The minimum atomic E-state index is -0.454. The first-order chi connectivity index (χ1) is 19.4. The van der Waals surface area contributed by atoms with E-state index < -0.39 is 11.0 Å². The monoisotopic (exact) mass is 544 g/mol. The van der Waals surface area contributed by atoms with Crippen LogP contribution in [0.3, 0.4) is 0 Å². The number of nitro benzene ring substituents is 1. The molecule has 0 amide bonds. The topological polar surface area (TPSA) is 135 Å². The van der Waals surface area contributed by atoms with Gasteiger partial charge in [-0.1, -0.05) is 11.6 Å². The zero-order valence-corrected chi connectivity index (χ0v) is 22.6. The van der Waals surface area contributed by atoms with Crippen LogP contribution < -0.4 is 10.5 Å². The lowest BCUT2D eigenvalue weighted by Gasteiger charge is -2.39. The zero-order chi connectivity index (χ0) is 27.8. The normalized spacial score (nSPS) is 18.9. The molecule has 12 heteroatoms. The summed E-state index contributed by atoms with van der Waals surface area (Å²) in [5.41, 5.74) is 4.43. The number of anilines is 1. The van der Waals surface area contributed by atoms with E-state index in [1.165, 1.54) is 12.1 Å². The molecular formula is C28H32N8O4. The molecule has 0 aliphatic carbocycles. The first kappa shape index (κ1) is 26.1. The number of nitrogens with zero attached hydrogens (tertiary/aromatic N) is 7. The fourth-order valence-electron chi connectivity index (χ4n) is 5.95. The summed E-state index contributed by atoms with van der Waals surface area (Å²) in [6.07, 6.45) is 2.01. The quantitative estimate of drug-likeness (QED) is 0.275. The van der Waals surface area contributed by atoms with Crippen molar-refractivity contribution in [3.63, 3.8) is 0 Å². The Bertz CT molecular complexity index is 1580. The van der Waals surface area contributed by atoms with E-state index in [1.54, 1.807) is 16.8 Å². The second-order valence-electron chi connectivity index (χ2n) is 10.7. The minimum Gasteiger partial charge on any atom is -0.376 e. The highest BCUT2D eigenvalue weighted by atomic mass is 16.6. The Balaban J connectivity index is 1.35. The number of aromatic amines is 1. The van der Waals surface area contributed by atoms with Crippen molar-refractivity contribution in [1.29, 1.82) is 0 Å². The standard InChI is InChI=1S/C28H32N8O4/c1-18-14-19(2)25-20(15-18)16-24(28(37)29-25)26(27-30-31-32-35(27)17-23-4-3-13-40-23)34-11-9-33(10-12-34)21-5-7-22(8-6-21)36(38)39/h5-8,14-16,23,26H,3-4,9-13,17H2,1-2H3,(H,29,37)/t23-,26+/m0/s1. The van der Waals surface area contributed by atoms with Gasteiger partial charge in [0.2, 0.25) is 0 Å². The van der Waals surface area contributed by atoms with E-state index in [9.17, 15) is 14.9 Å². The van der Waals surface area contributed by atoms with E-state index in [4.69, 9.17) is 4.74 Å². The first-order valence-corrected chi connectivity index (χ1v) is 13.6. The van der Waals surface area contributed by atoms with Crippen LogP contribution in [0.25, 0.3) is 10.9 Å². The number of nitro groups is 1. The van der Waals surface area contributed by atoms with Crippen molar-refractivity contribution in [2.75, 3.05) is 37.7 Å². The van der Waals surface area contributed by atoms with Gasteiger partial charge in [0.05, 0.1) is 23.1 Å². The number of hydrogen-bond donors (Lipinski definition) is 1. The van der Waals surface area contributed by atoms with Crippen molar-refractivity contribution in [2.24, 2.45) is 0 Å². The van der Waals surface area contributed by atoms with E-state index in [-0.39, 0.29) is 17.4 Å². The summed E-state index contributed by atoms with van der Waals surface area (Å²) in [6, 6.07) is 12.3. The Hall–Kier alpha value is -4.16. The predicted molar refractivity (Wildman–Crippen MR) is 150 cm³/mol. The number of benzene rings is 2. The van der Waals surface area contributed by atoms with Gasteiger partial charge in [0.1, 0.15) is 6.04 Å². The second-order valence-corrected chi connectivity index (χ2v) is 10.7. The number of piperazine rings is 1. The van der Waals surface area contributed by atoms with Gasteiger partial charge in [-0.2, -0.15) is 0 Å². The van der Waals surface area contributed by atoms with E-state index >= 15 is 0 Å². The Morgan fingerprint density at radius 1 is 1.12 bits per heavy atom. The molecule has 2 aliphatic heterocycles. The van der Waals surface area contributed by atoms with Gasteiger partial charge in [-0.25, -0.2) is 4.68 Å². The maximum absolute atomic E-state index is 13.6. The fourth-order valence-corrected chi connectivity index (χ4v) is 5.95. The molecule has 0 radical (unpaired) electrons. The number of pyridine rings is 1. The van der Waals surface area contributed by atoms with Crippen LogP contribution >= 0.6 is 0 Å². The first-order valence-electron chi connectivity index (χ1n) is 13.6. The van der Waals surface area contributed by atoms with E-state index in [0.717, 1.165) is 47.2 Å². The summed E-state index contributed by atoms with van der Waals surface area (Å²) < 4.78 is 7.65. The summed E-state index contributed by atoms with van der Waals surface area (Å²) in [7, 11) is 0. The Morgan fingerprint density at radius 2 is 1.90 bits per heavy atom. The van der Waals surface area contributed by atoms with Crippen molar-refractivity contribution in [3.05, 3.63) is 85.4 Å². The van der Waals surface area contributed by atoms with Crippen LogP contribution in [0.4, 0.5) is 11.4 Å². The van der Waals surface area contributed by atoms with Crippen molar-refractivity contribution < 1.29 is 9.66 Å². The highest BCUT2D eigenvalue weighted by Crippen LogP contribution is 2.30. The molecule has 12 nitrogen and oxygen atoms in total. The fraction of sp³-hybridized carbons (Fsp3) is 0.429. The number of rotatable bonds is 7. The maximum Gasteiger partial charge on any atom is 0.269 e. The summed E-state index contributed by atoms with van der Waals surface area (Å²) in [4.78, 5) is 31.9. The molecule has 4 heterocycles. The molecule has 2 fully saturated rings. The lowest BCUT2D eigenvalue weighted by atomic mass is 10.00. The Labute approximate surface area is 230 Å². The molecule has 208 valence electrons. The number of non-ortho nitro benzene ring substituents is 1. The average Bonchev–Trinajstić information content (AvgIpc) is 3.63. The van der Waals surface area contributed by atoms with Crippen molar-refractivity contribution in [2.45, 2.75) is 45.4 Å². The van der Waals surface area contributed by atoms with Crippen LogP contribution in [0.2, 0.25) is 0 Å². The molecule has 4 aromatic rings. The van der Waals surface area contributed by atoms with Gasteiger partial charge >= 0.3 is 0 Å². The second kappa shape index (κ2) is 10.8. The number of H-pyrrole nitrogens is 1. The van der Waals surface area contributed by atoms with Gasteiger partial charge in [0, 0.05) is 56.2 Å². The van der Waals surface area contributed by atoms with Crippen LogP contribution in [0, 0.1) is 24.0 Å². The summed E-state index contributed by atoms with van der Waals surface area (Å²) in [5.74, 6) is 0.619. The Morgan fingerprint density at radius 3 is 2.60 bits per heavy atom. The Kier molecular flexibility index (Phi) is 7.03. The molecule has 2 atom stereocenters. The molecule has 0 spiro atoms. The van der Waals surface area contributed by atoms with Gasteiger partial charge < -0.3 is 14.6 Å². The van der Waals surface area contributed by atoms with Gasteiger partial charge in [0.15, 0.2) is 5.82 Å². The number of fused-ring (bicyclic) bond motifs is 1. The third-order valence-electron chi connectivity index (χ3n) is 7.93. The largest absolute Gasteiger partial charge is 0.376 e. The van der Waals surface area contributed by atoms with Crippen molar-refractivity contribution in [3.8, 4) is 0 Å². The molecule has 6 rings (SSSR count). The number of ether oxygens (including phenoxy) is 1.